The van der Waals surface area contributed by atoms with Crippen molar-refractivity contribution in [2.75, 3.05) is 13.1 Å². The van der Waals surface area contributed by atoms with Gasteiger partial charge in [0.05, 0.1) is 11.4 Å². The van der Waals surface area contributed by atoms with E-state index >= 15 is 0 Å². The molecule has 2 aromatic heterocycles. The second-order valence-electron chi connectivity index (χ2n) is 5.45. The molecule has 0 fully saturated rings. The molecule has 0 radical (unpaired) electrons. The summed E-state index contributed by atoms with van der Waals surface area (Å²) in [5.41, 5.74) is 4.50. The van der Waals surface area contributed by atoms with E-state index < -0.39 is 0 Å². The van der Waals surface area contributed by atoms with Gasteiger partial charge in [0, 0.05) is 5.69 Å². The Hall–Kier alpha value is -1.75. The highest BCUT2D eigenvalue weighted by atomic mass is 15.3. The fourth-order valence-corrected chi connectivity index (χ4v) is 2.46. The van der Waals surface area contributed by atoms with Gasteiger partial charge in [-0.15, -0.1) is 5.10 Å². The van der Waals surface area contributed by atoms with Crippen LogP contribution in [0, 0.1) is 20.8 Å². The number of aryl methyl sites for hydroxylation is 2. The van der Waals surface area contributed by atoms with Crippen LogP contribution in [0.5, 0.6) is 0 Å². The maximum Gasteiger partial charge on any atom is 0.175 e. The summed E-state index contributed by atoms with van der Waals surface area (Å²) >= 11 is 0. The third-order valence-corrected chi connectivity index (χ3v) is 3.65. The molecule has 114 valence electrons. The third-order valence-electron chi connectivity index (χ3n) is 3.65. The quantitative estimate of drug-likeness (QED) is 0.795. The summed E-state index contributed by atoms with van der Waals surface area (Å²) in [6.07, 6.45) is 3.36. The van der Waals surface area contributed by atoms with Gasteiger partial charge >= 0.3 is 0 Å². The molecule has 0 saturated carbocycles. The van der Waals surface area contributed by atoms with Gasteiger partial charge in [-0.05, 0) is 70.8 Å². The Labute approximate surface area is 126 Å². The Morgan fingerprint density at radius 1 is 1.10 bits per heavy atom. The van der Waals surface area contributed by atoms with Crippen LogP contribution in [0.15, 0.2) is 12.1 Å². The molecule has 0 saturated heterocycles. The Bertz CT molecular complexity index is 571. The van der Waals surface area contributed by atoms with Crippen molar-refractivity contribution in [3.8, 4) is 5.82 Å². The lowest BCUT2D eigenvalue weighted by atomic mass is 10.1. The van der Waals surface area contributed by atoms with Gasteiger partial charge in [0.2, 0.25) is 0 Å². The Balaban J connectivity index is 2.08. The first-order valence-corrected chi connectivity index (χ1v) is 7.70. The molecule has 2 heterocycles. The highest BCUT2D eigenvalue weighted by molar-refractivity contribution is 5.32. The van der Waals surface area contributed by atoms with Crippen LogP contribution in [-0.4, -0.2) is 33.1 Å². The van der Waals surface area contributed by atoms with Crippen molar-refractivity contribution in [3.05, 3.63) is 34.8 Å². The summed E-state index contributed by atoms with van der Waals surface area (Å²) in [6, 6.07) is 3.93. The van der Waals surface area contributed by atoms with E-state index in [4.69, 9.17) is 0 Å². The van der Waals surface area contributed by atoms with Crippen molar-refractivity contribution in [3.63, 3.8) is 0 Å². The molecule has 1 N–H and O–H groups in total. The lowest BCUT2D eigenvalue weighted by molar-refractivity contribution is 0.638. The zero-order valence-electron chi connectivity index (χ0n) is 13.5. The average Bonchev–Trinajstić information content (AvgIpc) is 2.75. The number of nitrogens with zero attached hydrogens (tertiary/aromatic N) is 4. The minimum absolute atomic E-state index is 0.788. The topological polar surface area (TPSA) is 55.6 Å². The maximum atomic E-state index is 4.62. The zero-order chi connectivity index (χ0) is 15.2. The predicted octanol–water partition coefficient (Wildman–Crippen LogP) is 2.52. The van der Waals surface area contributed by atoms with Crippen LogP contribution in [0.4, 0.5) is 0 Å². The van der Waals surface area contributed by atoms with E-state index in [1.807, 2.05) is 23.7 Å². The van der Waals surface area contributed by atoms with Crippen molar-refractivity contribution in [2.24, 2.45) is 0 Å². The van der Waals surface area contributed by atoms with Gasteiger partial charge in [-0.1, -0.05) is 6.92 Å². The standard InChI is InChI=1S/C16H25N5/c1-5-10-17-11-6-7-15-13(3)20-21(14(15)4)16-9-8-12(2)18-19-16/h8-9,17H,5-7,10-11H2,1-4H3. The largest absolute Gasteiger partial charge is 0.317 e. The summed E-state index contributed by atoms with van der Waals surface area (Å²) in [6.45, 7) is 10.5. The molecule has 0 atom stereocenters. The molecule has 5 heteroatoms. The van der Waals surface area contributed by atoms with Crippen LogP contribution in [-0.2, 0) is 6.42 Å². The van der Waals surface area contributed by atoms with E-state index in [9.17, 15) is 0 Å². The van der Waals surface area contributed by atoms with Gasteiger partial charge in [-0.3, -0.25) is 0 Å². The van der Waals surface area contributed by atoms with E-state index in [1.54, 1.807) is 0 Å². The zero-order valence-corrected chi connectivity index (χ0v) is 13.5. The highest BCUT2D eigenvalue weighted by Gasteiger charge is 2.13. The monoisotopic (exact) mass is 287 g/mol. The molecule has 0 unspecified atom stereocenters. The minimum atomic E-state index is 0.788. The molecule has 0 spiro atoms. The fraction of sp³-hybridized carbons (Fsp3) is 0.562. The minimum Gasteiger partial charge on any atom is -0.317 e. The van der Waals surface area contributed by atoms with E-state index in [-0.39, 0.29) is 0 Å². The number of nitrogens with one attached hydrogen (secondary N) is 1. The normalized spacial score (nSPS) is 11.0. The first-order chi connectivity index (χ1) is 10.1. The molecular formula is C16H25N5. The van der Waals surface area contributed by atoms with E-state index in [0.29, 0.717) is 0 Å². The Morgan fingerprint density at radius 2 is 1.90 bits per heavy atom. The lowest BCUT2D eigenvalue weighted by Gasteiger charge is -2.05. The average molecular weight is 287 g/mol. The van der Waals surface area contributed by atoms with Gasteiger partial charge in [0.25, 0.3) is 0 Å². The van der Waals surface area contributed by atoms with Crippen molar-refractivity contribution < 1.29 is 0 Å². The molecule has 0 aromatic carbocycles. The van der Waals surface area contributed by atoms with Gasteiger partial charge in [0.15, 0.2) is 5.82 Å². The summed E-state index contributed by atoms with van der Waals surface area (Å²) < 4.78 is 1.90. The van der Waals surface area contributed by atoms with E-state index in [2.05, 4.69) is 41.4 Å². The van der Waals surface area contributed by atoms with Crippen LogP contribution >= 0.6 is 0 Å². The number of aromatic nitrogens is 4. The molecule has 5 nitrogen and oxygen atoms in total. The van der Waals surface area contributed by atoms with Crippen molar-refractivity contribution in [1.29, 1.82) is 0 Å². The molecule has 0 amide bonds. The summed E-state index contributed by atoms with van der Waals surface area (Å²) in [5, 5.41) is 16.4. The van der Waals surface area contributed by atoms with Crippen LogP contribution < -0.4 is 5.32 Å². The second-order valence-corrected chi connectivity index (χ2v) is 5.45. The van der Waals surface area contributed by atoms with Gasteiger partial charge < -0.3 is 5.32 Å². The van der Waals surface area contributed by atoms with Gasteiger partial charge in [0.1, 0.15) is 0 Å². The van der Waals surface area contributed by atoms with Crippen LogP contribution in [0.1, 0.15) is 42.4 Å². The van der Waals surface area contributed by atoms with Crippen molar-refractivity contribution in [1.82, 2.24) is 25.3 Å². The van der Waals surface area contributed by atoms with E-state index in [1.165, 1.54) is 17.7 Å². The van der Waals surface area contributed by atoms with Crippen molar-refractivity contribution >= 4 is 0 Å². The predicted molar refractivity (Wildman–Crippen MR) is 84.8 cm³/mol. The molecule has 21 heavy (non-hydrogen) atoms. The summed E-state index contributed by atoms with van der Waals surface area (Å²) in [4.78, 5) is 0. The Kier molecular flexibility index (Phi) is 5.44. The van der Waals surface area contributed by atoms with Crippen molar-refractivity contribution in [2.45, 2.75) is 47.0 Å². The molecule has 0 aliphatic heterocycles. The first-order valence-electron chi connectivity index (χ1n) is 7.70. The van der Waals surface area contributed by atoms with Crippen LogP contribution in [0.2, 0.25) is 0 Å². The van der Waals surface area contributed by atoms with Gasteiger partial charge in [-0.25, -0.2) is 4.68 Å². The molecule has 2 rings (SSSR count). The molecule has 0 bridgehead atoms. The molecule has 0 aliphatic rings. The summed E-state index contributed by atoms with van der Waals surface area (Å²) in [7, 11) is 0. The first kappa shape index (κ1) is 15.6. The molecule has 0 aliphatic carbocycles. The van der Waals surface area contributed by atoms with Crippen LogP contribution in [0.3, 0.4) is 0 Å². The SMILES string of the molecule is CCCNCCCc1c(C)nn(-c2ccc(C)nn2)c1C. The molecular weight excluding hydrogens is 262 g/mol. The van der Waals surface area contributed by atoms with E-state index in [0.717, 1.165) is 43.1 Å². The number of rotatable bonds is 7. The fourth-order valence-electron chi connectivity index (χ4n) is 2.46. The molecule has 2 aromatic rings. The Morgan fingerprint density at radius 3 is 2.57 bits per heavy atom. The smallest absolute Gasteiger partial charge is 0.175 e. The van der Waals surface area contributed by atoms with Crippen LogP contribution in [0.25, 0.3) is 5.82 Å². The maximum absolute atomic E-state index is 4.62. The number of hydrogen-bond donors (Lipinski definition) is 1. The number of hydrogen-bond acceptors (Lipinski definition) is 4. The lowest BCUT2D eigenvalue weighted by Crippen LogP contribution is -2.16. The third kappa shape index (κ3) is 3.88. The second kappa shape index (κ2) is 7.31. The van der Waals surface area contributed by atoms with Gasteiger partial charge in [-0.2, -0.15) is 10.2 Å². The highest BCUT2D eigenvalue weighted by Crippen LogP contribution is 2.17. The summed E-state index contributed by atoms with van der Waals surface area (Å²) in [5.74, 6) is 0.788.